The molecule has 5 heteroatoms. The highest BCUT2D eigenvalue weighted by atomic mass is 35.5. The average molecular weight is 281 g/mol. The van der Waals surface area contributed by atoms with E-state index in [4.69, 9.17) is 22.1 Å². The molecule has 3 nitrogen and oxygen atoms in total. The van der Waals surface area contributed by atoms with Gasteiger partial charge >= 0.3 is 0 Å². The largest absolute Gasteiger partial charge is 0.494 e. The molecule has 3 N–H and O–H groups in total. The van der Waals surface area contributed by atoms with Crippen LogP contribution in [0.15, 0.2) is 30.3 Å². The maximum Gasteiger partial charge on any atom is 0.167 e. The first-order valence-electron chi connectivity index (χ1n) is 5.67. The molecule has 0 unspecified atom stereocenters. The average Bonchev–Trinajstić information content (AvgIpc) is 2.37. The third kappa shape index (κ3) is 2.90. The Morgan fingerprint density at radius 3 is 2.63 bits per heavy atom. The van der Waals surface area contributed by atoms with Crippen molar-refractivity contribution in [1.29, 1.82) is 0 Å². The second-order valence-corrected chi connectivity index (χ2v) is 4.57. The number of ether oxygens (including phenoxy) is 1. The lowest BCUT2D eigenvalue weighted by molar-refractivity contribution is 0.387. The van der Waals surface area contributed by atoms with Gasteiger partial charge in [-0.05, 0) is 24.6 Å². The monoisotopic (exact) mass is 280 g/mol. The molecule has 0 radical (unpaired) electrons. The zero-order chi connectivity index (χ0) is 14.0. The Morgan fingerprint density at radius 2 is 2.00 bits per heavy atom. The van der Waals surface area contributed by atoms with Crippen LogP contribution in [0.2, 0.25) is 5.02 Å². The number of nitrogen functional groups attached to an aromatic ring is 1. The highest BCUT2D eigenvalue weighted by Crippen LogP contribution is 2.31. The molecular weight excluding hydrogens is 267 g/mol. The van der Waals surface area contributed by atoms with Crippen molar-refractivity contribution >= 4 is 28.7 Å². The maximum absolute atomic E-state index is 13.4. The summed E-state index contributed by atoms with van der Waals surface area (Å²) >= 11 is 6.05. The highest BCUT2D eigenvalue weighted by Gasteiger charge is 2.09. The van der Waals surface area contributed by atoms with E-state index in [1.54, 1.807) is 6.07 Å². The van der Waals surface area contributed by atoms with E-state index in [0.717, 1.165) is 11.3 Å². The molecule has 0 aromatic heterocycles. The predicted octanol–water partition coefficient (Wildman–Crippen LogP) is 4.12. The highest BCUT2D eigenvalue weighted by molar-refractivity contribution is 6.31. The van der Waals surface area contributed by atoms with E-state index in [0.29, 0.717) is 16.4 Å². The van der Waals surface area contributed by atoms with Crippen LogP contribution in [0.4, 0.5) is 21.5 Å². The fourth-order valence-corrected chi connectivity index (χ4v) is 1.84. The summed E-state index contributed by atoms with van der Waals surface area (Å²) in [5.74, 6) is -0.359. The Balaban J connectivity index is 2.34. The lowest BCUT2D eigenvalue weighted by Crippen LogP contribution is -1.99. The minimum Gasteiger partial charge on any atom is -0.494 e. The maximum atomic E-state index is 13.4. The standard InChI is InChI=1S/C14H14ClFN2O/c1-8-3-4-9(5-10(8)15)18-13-7-14(19-2)11(16)6-12(13)17/h3-7,18H,17H2,1-2H3. The van der Waals surface area contributed by atoms with E-state index < -0.39 is 5.82 Å². The Morgan fingerprint density at radius 1 is 1.26 bits per heavy atom. The zero-order valence-electron chi connectivity index (χ0n) is 10.6. The predicted molar refractivity (Wildman–Crippen MR) is 76.8 cm³/mol. The van der Waals surface area contributed by atoms with Gasteiger partial charge in [0.2, 0.25) is 0 Å². The second-order valence-electron chi connectivity index (χ2n) is 4.16. The van der Waals surface area contributed by atoms with Crippen molar-refractivity contribution in [3.63, 3.8) is 0 Å². The van der Waals surface area contributed by atoms with Crippen LogP contribution in [-0.4, -0.2) is 7.11 Å². The number of benzene rings is 2. The molecule has 100 valence electrons. The molecule has 0 bridgehead atoms. The molecule has 2 rings (SSSR count). The Bertz CT molecular complexity index is 617. The van der Waals surface area contributed by atoms with Gasteiger partial charge in [0, 0.05) is 22.8 Å². The van der Waals surface area contributed by atoms with Crippen LogP contribution in [0.3, 0.4) is 0 Å². The summed E-state index contributed by atoms with van der Waals surface area (Å²) in [5, 5.41) is 3.74. The van der Waals surface area contributed by atoms with Crippen molar-refractivity contribution < 1.29 is 9.13 Å². The van der Waals surface area contributed by atoms with Gasteiger partial charge in [0.05, 0.1) is 18.5 Å². The Hall–Kier alpha value is -1.94. The summed E-state index contributed by atoms with van der Waals surface area (Å²) in [7, 11) is 1.40. The van der Waals surface area contributed by atoms with Gasteiger partial charge in [0.15, 0.2) is 11.6 Å². The molecule has 0 aliphatic carbocycles. The molecule has 2 aromatic carbocycles. The lowest BCUT2D eigenvalue weighted by Gasteiger charge is -2.12. The zero-order valence-corrected chi connectivity index (χ0v) is 11.4. The van der Waals surface area contributed by atoms with E-state index in [1.807, 2.05) is 19.1 Å². The molecule has 0 saturated heterocycles. The van der Waals surface area contributed by atoms with E-state index in [-0.39, 0.29) is 5.75 Å². The molecule has 0 aliphatic rings. The summed E-state index contributed by atoms with van der Waals surface area (Å²) in [6.07, 6.45) is 0. The van der Waals surface area contributed by atoms with Gasteiger partial charge in [0.1, 0.15) is 0 Å². The van der Waals surface area contributed by atoms with Gasteiger partial charge in [-0.15, -0.1) is 0 Å². The van der Waals surface area contributed by atoms with Crippen LogP contribution in [-0.2, 0) is 0 Å². The van der Waals surface area contributed by atoms with E-state index in [9.17, 15) is 4.39 Å². The molecule has 0 saturated carbocycles. The fraction of sp³-hybridized carbons (Fsp3) is 0.143. The first-order valence-corrected chi connectivity index (χ1v) is 6.05. The van der Waals surface area contributed by atoms with Gasteiger partial charge in [-0.1, -0.05) is 17.7 Å². The number of methoxy groups -OCH3 is 1. The SMILES string of the molecule is COc1cc(Nc2ccc(C)c(Cl)c2)c(N)cc1F. The van der Waals surface area contributed by atoms with E-state index in [1.165, 1.54) is 19.2 Å². The number of halogens is 2. The minimum atomic E-state index is -0.493. The molecule has 0 heterocycles. The van der Waals surface area contributed by atoms with Gasteiger partial charge in [-0.2, -0.15) is 0 Å². The van der Waals surface area contributed by atoms with Crippen LogP contribution in [0.1, 0.15) is 5.56 Å². The summed E-state index contributed by atoms with van der Waals surface area (Å²) in [4.78, 5) is 0. The third-order valence-corrected chi connectivity index (χ3v) is 3.18. The Labute approximate surface area is 116 Å². The summed E-state index contributed by atoms with van der Waals surface area (Å²) < 4.78 is 18.4. The van der Waals surface area contributed by atoms with Crippen molar-refractivity contribution in [3.05, 3.63) is 46.7 Å². The molecular formula is C14H14ClFN2O. The lowest BCUT2D eigenvalue weighted by atomic mass is 10.2. The number of nitrogens with one attached hydrogen (secondary N) is 1. The van der Waals surface area contributed by atoms with Crippen LogP contribution in [0, 0.1) is 12.7 Å². The fourth-order valence-electron chi connectivity index (χ4n) is 1.66. The number of anilines is 3. The van der Waals surface area contributed by atoms with Crippen molar-refractivity contribution in [2.75, 3.05) is 18.2 Å². The van der Waals surface area contributed by atoms with E-state index in [2.05, 4.69) is 5.32 Å². The van der Waals surface area contributed by atoms with Crippen molar-refractivity contribution in [3.8, 4) is 5.75 Å². The summed E-state index contributed by atoms with van der Waals surface area (Å²) in [6.45, 7) is 1.92. The molecule has 0 atom stereocenters. The molecule has 2 aromatic rings. The Kier molecular flexibility index (Phi) is 3.81. The van der Waals surface area contributed by atoms with Gasteiger partial charge in [0.25, 0.3) is 0 Å². The summed E-state index contributed by atoms with van der Waals surface area (Å²) in [6, 6.07) is 8.28. The molecule has 19 heavy (non-hydrogen) atoms. The first kappa shape index (κ1) is 13.5. The normalized spacial score (nSPS) is 10.3. The minimum absolute atomic E-state index is 0.134. The number of nitrogens with two attached hydrogens (primary N) is 1. The van der Waals surface area contributed by atoms with E-state index >= 15 is 0 Å². The topological polar surface area (TPSA) is 47.3 Å². The van der Waals surface area contributed by atoms with Crippen LogP contribution in [0.25, 0.3) is 0 Å². The second kappa shape index (κ2) is 5.36. The van der Waals surface area contributed by atoms with Crippen molar-refractivity contribution in [1.82, 2.24) is 0 Å². The number of aryl methyl sites for hydroxylation is 1. The van der Waals surface area contributed by atoms with Gasteiger partial charge < -0.3 is 15.8 Å². The van der Waals surface area contributed by atoms with Crippen molar-refractivity contribution in [2.45, 2.75) is 6.92 Å². The number of hydrogen-bond donors (Lipinski definition) is 2. The van der Waals surface area contributed by atoms with Crippen molar-refractivity contribution in [2.24, 2.45) is 0 Å². The molecule has 0 spiro atoms. The van der Waals surface area contributed by atoms with Gasteiger partial charge in [-0.3, -0.25) is 0 Å². The summed E-state index contributed by atoms with van der Waals surface area (Å²) in [5.41, 5.74) is 8.40. The number of rotatable bonds is 3. The van der Waals surface area contributed by atoms with Crippen LogP contribution >= 0.6 is 11.6 Å². The smallest absolute Gasteiger partial charge is 0.167 e. The molecule has 0 aliphatic heterocycles. The number of hydrogen-bond acceptors (Lipinski definition) is 3. The van der Waals surface area contributed by atoms with Crippen LogP contribution < -0.4 is 15.8 Å². The quantitative estimate of drug-likeness (QED) is 0.831. The van der Waals surface area contributed by atoms with Gasteiger partial charge in [-0.25, -0.2) is 4.39 Å². The third-order valence-electron chi connectivity index (χ3n) is 2.77. The first-order chi connectivity index (χ1) is 9.01. The molecule has 0 fully saturated rings. The van der Waals surface area contributed by atoms with Crippen LogP contribution in [0.5, 0.6) is 5.75 Å². The molecule has 0 amide bonds.